The van der Waals surface area contributed by atoms with Gasteiger partial charge in [-0.15, -0.1) is 0 Å². The van der Waals surface area contributed by atoms with Gasteiger partial charge >= 0.3 is 5.97 Å². The fourth-order valence-electron chi connectivity index (χ4n) is 2.27. The fraction of sp³-hybridized carbons (Fsp3) is 0.278. The molecule has 0 aliphatic carbocycles. The van der Waals surface area contributed by atoms with Crippen molar-refractivity contribution in [3.05, 3.63) is 59.2 Å². The van der Waals surface area contributed by atoms with Crippen molar-refractivity contribution in [2.45, 2.75) is 26.4 Å². The summed E-state index contributed by atoms with van der Waals surface area (Å²) >= 11 is 0. The number of carbonyl (C=O) groups is 1. The molecule has 22 heavy (non-hydrogen) atoms. The Balaban J connectivity index is 2.16. The van der Waals surface area contributed by atoms with Crippen LogP contribution in [0.25, 0.3) is 0 Å². The van der Waals surface area contributed by atoms with E-state index in [9.17, 15) is 4.79 Å². The highest BCUT2D eigenvalue weighted by Crippen LogP contribution is 2.25. The molecule has 0 bridgehead atoms. The number of aromatic carboxylic acids is 1. The Hall–Kier alpha value is -2.49. The van der Waals surface area contributed by atoms with Crippen LogP contribution >= 0.6 is 0 Å². The average molecular weight is 300 g/mol. The van der Waals surface area contributed by atoms with Gasteiger partial charge in [-0.25, -0.2) is 4.79 Å². The molecule has 0 fully saturated rings. The van der Waals surface area contributed by atoms with Crippen molar-refractivity contribution in [1.29, 1.82) is 0 Å². The lowest BCUT2D eigenvalue weighted by Gasteiger charge is -2.13. The van der Waals surface area contributed by atoms with Crippen molar-refractivity contribution in [2.75, 3.05) is 7.11 Å². The summed E-state index contributed by atoms with van der Waals surface area (Å²) in [4.78, 5) is 11.0. The number of carboxylic acid groups (broad SMARTS) is 1. The maximum atomic E-state index is 11.0. The number of aryl methyl sites for hydroxylation is 1. The molecule has 2 rings (SSSR count). The number of hydrogen-bond acceptors (Lipinski definition) is 3. The molecule has 1 N–H and O–H groups in total. The van der Waals surface area contributed by atoms with Gasteiger partial charge in [-0.2, -0.15) is 0 Å². The predicted octanol–water partition coefficient (Wildman–Crippen LogP) is 3.92. The quantitative estimate of drug-likeness (QED) is 0.842. The first-order chi connectivity index (χ1) is 10.7. The number of carboxylic acids is 1. The summed E-state index contributed by atoms with van der Waals surface area (Å²) in [5.74, 6) is 0.403. The van der Waals surface area contributed by atoms with Gasteiger partial charge in [-0.1, -0.05) is 37.6 Å². The molecule has 0 saturated heterocycles. The van der Waals surface area contributed by atoms with E-state index in [1.54, 1.807) is 12.1 Å². The molecular weight excluding hydrogens is 280 g/mol. The lowest BCUT2D eigenvalue weighted by Crippen LogP contribution is -2.03. The molecular formula is C18H20O4. The second-order valence-corrected chi connectivity index (χ2v) is 4.98. The van der Waals surface area contributed by atoms with E-state index in [1.165, 1.54) is 18.7 Å². The van der Waals surface area contributed by atoms with Crippen molar-refractivity contribution in [3.63, 3.8) is 0 Å². The summed E-state index contributed by atoms with van der Waals surface area (Å²) < 4.78 is 11.2. The van der Waals surface area contributed by atoms with Crippen LogP contribution in [0.4, 0.5) is 0 Å². The van der Waals surface area contributed by atoms with Gasteiger partial charge in [-0.05, 0) is 30.2 Å². The third-order valence-electron chi connectivity index (χ3n) is 3.41. The number of hydrogen-bond donors (Lipinski definition) is 1. The smallest absolute Gasteiger partial charge is 0.335 e. The normalized spacial score (nSPS) is 10.3. The van der Waals surface area contributed by atoms with Gasteiger partial charge in [-0.3, -0.25) is 0 Å². The summed E-state index contributed by atoms with van der Waals surface area (Å²) in [6.07, 6.45) is 2.02. The minimum atomic E-state index is -0.973. The van der Waals surface area contributed by atoms with Crippen molar-refractivity contribution in [3.8, 4) is 11.5 Å². The van der Waals surface area contributed by atoms with E-state index in [-0.39, 0.29) is 5.56 Å². The van der Waals surface area contributed by atoms with Crippen LogP contribution in [0.2, 0.25) is 0 Å². The van der Waals surface area contributed by atoms with Gasteiger partial charge in [0, 0.05) is 5.56 Å². The van der Waals surface area contributed by atoms with Crippen LogP contribution in [0.1, 0.15) is 34.8 Å². The topological polar surface area (TPSA) is 55.8 Å². The van der Waals surface area contributed by atoms with Gasteiger partial charge < -0.3 is 14.6 Å². The van der Waals surface area contributed by atoms with Crippen LogP contribution in [-0.2, 0) is 13.0 Å². The van der Waals surface area contributed by atoms with Crippen LogP contribution in [0.3, 0.4) is 0 Å². The first-order valence-corrected chi connectivity index (χ1v) is 7.26. The minimum Gasteiger partial charge on any atom is -0.496 e. The molecule has 0 amide bonds. The second-order valence-electron chi connectivity index (χ2n) is 4.98. The molecule has 0 radical (unpaired) electrons. The molecule has 0 aliphatic heterocycles. The Morgan fingerprint density at radius 2 is 1.86 bits per heavy atom. The van der Waals surface area contributed by atoms with Crippen LogP contribution in [0.15, 0.2) is 42.5 Å². The molecule has 0 atom stereocenters. The van der Waals surface area contributed by atoms with Gasteiger partial charge in [0.25, 0.3) is 0 Å². The Kier molecular flexibility index (Phi) is 5.42. The molecule has 0 saturated carbocycles. The summed E-state index contributed by atoms with van der Waals surface area (Å²) in [7, 11) is 1.52. The SMILES string of the molecule is CCCc1ccccc1OCc1ccc(C(=O)O)cc1OC. The van der Waals surface area contributed by atoms with E-state index in [0.29, 0.717) is 12.4 Å². The zero-order valence-corrected chi connectivity index (χ0v) is 12.8. The summed E-state index contributed by atoms with van der Waals surface area (Å²) in [6.45, 7) is 2.47. The lowest BCUT2D eigenvalue weighted by atomic mass is 10.1. The van der Waals surface area contributed by atoms with Crippen LogP contribution in [0, 0.1) is 0 Å². The molecule has 0 aliphatic rings. The molecule has 4 nitrogen and oxygen atoms in total. The molecule has 0 unspecified atom stereocenters. The van der Waals surface area contributed by atoms with Gasteiger partial charge in [0.1, 0.15) is 18.1 Å². The van der Waals surface area contributed by atoms with Crippen LogP contribution < -0.4 is 9.47 Å². The zero-order valence-electron chi connectivity index (χ0n) is 12.8. The molecule has 116 valence electrons. The number of para-hydroxylation sites is 1. The number of methoxy groups -OCH3 is 1. The lowest BCUT2D eigenvalue weighted by molar-refractivity contribution is 0.0696. The Bertz CT molecular complexity index is 649. The zero-order chi connectivity index (χ0) is 15.9. The maximum absolute atomic E-state index is 11.0. The van der Waals surface area contributed by atoms with Crippen molar-refractivity contribution < 1.29 is 19.4 Å². The standard InChI is InChI=1S/C18H20O4/c1-3-6-13-7-4-5-8-16(13)22-12-15-10-9-14(18(19)20)11-17(15)21-2/h4-5,7-11H,3,6,12H2,1-2H3,(H,19,20). The fourth-order valence-corrected chi connectivity index (χ4v) is 2.27. The van der Waals surface area contributed by atoms with Crippen molar-refractivity contribution in [1.82, 2.24) is 0 Å². The summed E-state index contributed by atoms with van der Waals surface area (Å²) in [5, 5.41) is 9.01. The third-order valence-corrected chi connectivity index (χ3v) is 3.41. The third kappa shape index (κ3) is 3.79. The largest absolute Gasteiger partial charge is 0.496 e. The number of rotatable bonds is 7. The molecule has 2 aromatic carbocycles. The van der Waals surface area contributed by atoms with E-state index >= 15 is 0 Å². The van der Waals surface area contributed by atoms with Gasteiger partial charge in [0.15, 0.2) is 0 Å². The van der Waals surface area contributed by atoms with Gasteiger partial charge in [0.2, 0.25) is 0 Å². The molecule has 0 heterocycles. The maximum Gasteiger partial charge on any atom is 0.335 e. The first kappa shape index (κ1) is 15.9. The highest BCUT2D eigenvalue weighted by atomic mass is 16.5. The Morgan fingerprint density at radius 3 is 2.55 bits per heavy atom. The molecule has 0 aromatic heterocycles. The number of benzene rings is 2. The first-order valence-electron chi connectivity index (χ1n) is 7.26. The molecule has 2 aromatic rings. The average Bonchev–Trinajstić information content (AvgIpc) is 2.54. The van der Waals surface area contributed by atoms with Crippen LogP contribution in [-0.4, -0.2) is 18.2 Å². The molecule has 4 heteroatoms. The van der Waals surface area contributed by atoms with Crippen LogP contribution in [0.5, 0.6) is 11.5 Å². The van der Waals surface area contributed by atoms with Crippen molar-refractivity contribution in [2.24, 2.45) is 0 Å². The highest BCUT2D eigenvalue weighted by molar-refractivity contribution is 5.88. The number of ether oxygens (including phenoxy) is 2. The minimum absolute atomic E-state index is 0.201. The highest BCUT2D eigenvalue weighted by Gasteiger charge is 2.10. The summed E-state index contributed by atoms with van der Waals surface area (Å²) in [5.41, 5.74) is 2.19. The molecule has 0 spiro atoms. The Morgan fingerprint density at radius 1 is 1.09 bits per heavy atom. The summed E-state index contributed by atoms with van der Waals surface area (Å²) in [6, 6.07) is 12.7. The van der Waals surface area contributed by atoms with E-state index in [4.69, 9.17) is 14.6 Å². The monoisotopic (exact) mass is 300 g/mol. The van der Waals surface area contributed by atoms with E-state index in [1.807, 2.05) is 18.2 Å². The van der Waals surface area contributed by atoms with E-state index in [0.717, 1.165) is 24.2 Å². The van der Waals surface area contributed by atoms with E-state index < -0.39 is 5.97 Å². The van der Waals surface area contributed by atoms with Crippen molar-refractivity contribution >= 4 is 5.97 Å². The predicted molar refractivity (Wildman–Crippen MR) is 84.7 cm³/mol. The second kappa shape index (κ2) is 7.50. The van der Waals surface area contributed by atoms with Gasteiger partial charge in [0.05, 0.1) is 12.7 Å². The Labute approximate surface area is 130 Å². The van der Waals surface area contributed by atoms with E-state index in [2.05, 4.69) is 13.0 Å².